The second kappa shape index (κ2) is 6.93. The SMILES string of the molecule is O=C(O)CC(NC(=O)NCCc1ncno1)C(=O)O. The molecule has 1 aromatic heterocycles. The Morgan fingerprint density at radius 1 is 1.37 bits per heavy atom. The van der Waals surface area contributed by atoms with Crippen LogP contribution in [0.25, 0.3) is 0 Å². The van der Waals surface area contributed by atoms with E-state index in [0.717, 1.165) is 0 Å². The third kappa shape index (κ3) is 5.48. The second-order valence-corrected chi connectivity index (χ2v) is 3.47. The molecule has 1 atom stereocenters. The van der Waals surface area contributed by atoms with Crippen LogP contribution in [0, 0.1) is 0 Å². The average molecular weight is 272 g/mol. The van der Waals surface area contributed by atoms with Gasteiger partial charge in [-0.2, -0.15) is 4.98 Å². The predicted molar refractivity (Wildman–Crippen MR) is 58.2 cm³/mol. The van der Waals surface area contributed by atoms with E-state index in [0.29, 0.717) is 5.89 Å². The topological polar surface area (TPSA) is 155 Å². The number of carboxylic acid groups (broad SMARTS) is 2. The molecule has 10 nitrogen and oxygen atoms in total. The van der Waals surface area contributed by atoms with Crippen LogP contribution in [0.4, 0.5) is 4.79 Å². The van der Waals surface area contributed by atoms with Gasteiger partial charge in [-0.3, -0.25) is 4.79 Å². The smallest absolute Gasteiger partial charge is 0.326 e. The standard InChI is InChI=1S/C9H12N4O6/c14-7(15)3-5(8(16)17)13-9(18)10-2-1-6-11-4-12-19-6/h4-5H,1-3H2,(H,14,15)(H,16,17)(H2,10,13,18). The Labute approximate surface area is 106 Å². The first-order valence-electron chi connectivity index (χ1n) is 5.23. The van der Waals surface area contributed by atoms with Crippen LogP contribution in [0.15, 0.2) is 10.9 Å². The van der Waals surface area contributed by atoms with Crippen molar-refractivity contribution in [3.8, 4) is 0 Å². The second-order valence-electron chi connectivity index (χ2n) is 3.47. The van der Waals surface area contributed by atoms with E-state index >= 15 is 0 Å². The maximum atomic E-state index is 11.3. The maximum absolute atomic E-state index is 11.3. The van der Waals surface area contributed by atoms with Gasteiger partial charge in [-0.15, -0.1) is 0 Å². The van der Waals surface area contributed by atoms with E-state index in [4.69, 9.17) is 10.2 Å². The van der Waals surface area contributed by atoms with Gasteiger partial charge in [0.1, 0.15) is 6.04 Å². The molecule has 0 bridgehead atoms. The Morgan fingerprint density at radius 2 is 2.11 bits per heavy atom. The van der Waals surface area contributed by atoms with Gasteiger partial charge in [0, 0.05) is 13.0 Å². The van der Waals surface area contributed by atoms with Crippen molar-refractivity contribution in [3.63, 3.8) is 0 Å². The molecule has 1 rings (SSSR count). The number of hydrogen-bond acceptors (Lipinski definition) is 6. The summed E-state index contributed by atoms with van der Waals surface area (Å²) in [5, 5.41) is 24.9. The molecule has 0 aliphatic carbocycles. The summed E-state index contributed by atoms with van der Waals surface area (Å²) in [4.78, 5) is 36.1. The molecule has 19 heavy (non-hydrogen) atoms. The van der Waals surface area contributed by atoms with Crippen LogP contribution < -0.4 is 10.6 Å². The van der Waals surface area contributed by atoms with Gasteiger partial charge in [-0.25, -0.2) is 9.59 Å². The van der Waals surface area contributed by atoms with Gasteiger partial charge >= 0.3 is 18.0 Å². The zero-order valence-corrected chi connectivity index (χ0v) is 9.70. The lowest BCUT2D eigenvalue weighted by Crippen LogP contribution is -2.47. The Balaban J connectivity index is 2.32. The van der Waals surface area contributed by atoms with Crippen molar-refractivity contribution in [1.82, 2.24) is 20.8 Å². The minimum absolute atomic E-state index is 0.146. The van der Waals surface area contributed by atoms with Crippen LogP contribution in [0.3, 0.4) is 0 Å². The zero-order chi connectivity index (χ0) is 14.3. The third-order valence-electron chi connectivity index (χ3n) is 2.01. The van der Waals surface area contributed by atoms with E-state index in [1.54, 1.807) is 0 Å². The molecule has 0 saturated heterocycles. The fourth-order valence-electron chi connectivity index (χ4n) is 1.17. The van der Waals surface area contributed by atoms with Crippen molar-refractivity contribution in [2.24, 2.45) is 0 Å². The molecule has 10 heteroatoms. The molecule has 0 aliphatic rings. The minimum Gasteiger partial charge on any atom is -0.481 e. The molecule has 104 valence electrons. The molecule has 0 fully saturated rings. The van der Waals surface area contributed by atoms with E-state index in [-0.39, 0.29) is 13.0 Å². The van der Waals surface area contributed by atoms with Gasteiger partial charge in [-0.05, 0) is 0 Å². The summed E-state index contributed by atoms with van der Waals surface area (Å²) in [6.45, 7) is 0.146. The number of hydrogen-bond donors (Lipinski definition) is 4. The van der Waals surface area contributed by atoms with Crippen molar-refractivity contribution >= 4 is 18.0 Å². The summed E-state index contributed by atoms with van der Waals surface area (Å²) in [5.41, 5.74) is 0. The summed E-state index contributed by atoms with van der Waals surface area (Å²) >= 11 is 0. The van der Waals surface area contributed by atoms with Gasteiger partial charge in [0.05, 0.1) is 6.42 Å². The number of amides is 2. The molecular weight excluding hydrogens is 260 g/mol. The molecule has 0 spiro atoms. The van der Waals surface area contributed by atoms with Crippen LogP contribution in [0.5, 0.6) is 0 Å². The average Bonchev–Trinajstić information content (AvgIpc) is 2.80. The number of aliphatic carboxylic acids is 2. The van der Waals surface area contributed by atoms with Crippen molar-refractivity contribution < 1.29 is 29.1 Å². The summed E-state index contributed by atoms with van der Waals surface area (Å²) in [6, 6.07) is -2.27. The van der Waals surface area contributed by atoms with E-state index < -0.39 is 30.4 Å². The molecule has 0 radical (unpaired) electrons. The normalized spacial score (nSPS) is 11.6. The number of carbonyl (C=O) groups is 3. The summed E-state index contributed by atoms with van der Waals surface area (Å²) in [6.07, 6.45) is 0.791. The number of carbonyl (C=O) groups excluding carboxylic acids is 1. The van der Waals surface area contributed by atoms with Crippen LogP contribution in [0.1, 0.15) is 12.3 Å². The van der Waals surface area contributed by atoms with Crippen molar-refractivity contribution in [3.05, 3.63) is 12.2 Å². The first-order chi connectivity index (χ1) is 8.99. The highest BCUT2D eigenvalue weighted by molar-refractivity contribution is 5.86. The van der Waals surface area contributed by atoms with E-state index in [9.17, 15) is 14.4 Å². The molecule has 1 unspecified atom stereocenters. The van der Waals surface area contributed by atoms with Crippen molar-refractivity contribution in [2.75, 3.05) is 6.54 Å². The van der Waals surface area contributed by atoms with E-state index in [1.807, 2.05) is 5.32 Å². The number of rotatable bonds is 7. The largest absolute Gasteiger partial charge is 0.481 e. The zero-order valence-electron chi connectivity index (χ0n) is 9.70. The maximum Gasteiger partial charge on any atom is 0.326 e. The van der Waals surface area contributed by atoms with Gasteiger partial charge < -0.3 is 25.4 Å². The Kier molecular flexibility index (Phi) is 5.26. The highest BCUT2D eigenvalue weighted by atomic mass is 16.5. The molecule has 0 saturated carbocycles. The van der Waals surface area contributed by atoms with Crippen LogP contribution in [-0.4, -0.2) is 50.9 Å². The lowest BCUT2D eigenvalue weighted by Gasteiger charge is -2.12. The molecule has 1 heterocycles. The van der Waals surface area contributed by atoms with E-state index in [2.05, 4.69) is 20.0 Å². The molecular formula is C9H12N4O6. The number of urea groups is 1. The van der Waals surface area contributed by atoms with Crippen LogP contribution in [-0.2, 0) is 16.0 Å². The van der Waals surface area contributed by atoms with Gasteiger partial charge in [0.15, 0.2) is 6.33 Å². The fraction of sp³-hybridized carbons (Fsp3) is 0.444. The molecule has 1 aromatic rings. The summed E-state index contributed by atoms with van der Waals surface area (Å²) in [7, 11) is 0. The van der Waals surface area contributed by atoms with Crippen LogP contribution in [0.2, 0.25) is 0 Å². The van der Waals surface area contributed by atoms with E-state index in [1.165, 1.54) is 6.33 Å². The summed E-state index contributed by atoms with van der Waals surface area (Å²) in [5.74, 6) is -2.42. The molecule has 0 aliphatic heterocycles. The first kappa shape index (κ1) is 14.4. The minimum atomic E-state index is -1.49. The van der Waals surface area contributed by atoms with Crippen molar-refractivity contribution in [1.29, 1.82) is 0 Å². The lowest BCUT2D eigenvalue weighted by atomic mass is 10.2. The summed E-state index contributed by atoms with van der Waals surface area (Å²) < 4.78 is 4.68. The van der Waals surface area contributed by atoms with Crippen molar-refractivity contribution in [2.45, 2.75) is 18.9 Å². The lowest BCUT2D eigenvalue weighted by molar-refractivity contribution is -0.145. The van der Waals surface area contributed by atoms with Crippen LogP contribution >= 0.6 is 0 Å². The van der Waals surface area contributed by atoms with Gasteiger partial charge in [0.2, 0.25) is 5.89 Å². The number of nitrogens with zero attached hydrogens (tertiary/aromatic N) is 2. The number of aromatic nitrogens is 2. The molecule has 4 N–H and O–H groups in total. The highest BCUT2D eigenvalue weighted by Crippen LogP contribution is 1.93. The monoisotopic (exact) mass is 272 g/mol. The Hall–Kier alpha value is -2.65. The van der Waals surface area contributed by atoms with Gasteiger partial charge in [-0.1, -0.05) is 5.16 Å². The highest BCUT2D eigenvalue weighted by Gasteiger charge is 2.22. The van der Waals surface area contributed by atoms with Gasteiger partial charge in [0.25, 0.3) is 0 Å². The molecule has 0 aromatic carbocycles. The predicted octanol–water partition coefficient (Wildman–Crippen LogP) is -1.16. The Morgan fingerprint density at radius 3 is 2.63 bits per heavy atom. The Bertz CT molecular complexity index is 446. The third-order valence-corrected chi connectivity index (χ3v) is 2.01. The number of carboxylic acids is 2. The molecule has 2 amide bonds. The quantitative estimate of drug-likeness (QED) is 0.484. The number of nitrogens with one attached hydrogen (secondary N) is 2. The fourth-order valence-corrected chi connectivity index (χ4v) is 1.17. The first-order valence-corrected chi connectivity index (χ1v) is 5.23.